The van der Waals surface area contributed by atoms with Gasteiger partial charge >= 0.3 is 0 Å². The Morgan fingerprint density at radius 1 is 0.415 bits per heavy atom. The minimum atomic E-state index is 0.780. The van der Waals surface area contributed by atoms with Crippen LogP contribution in [0.25, 0.3) is 116 Å². The third-order valence-corrected chi connectivity index (χ3v) is 12.3. The minimum Gasteiger partial charge on any atom is -0.456 e. The van der Waals surface area contributed by atoms with E-state index in [1.807, 2.05) is 97.9 Å². The molecule has 65 heavy (non-hydrogen) atoms. The largest absolute Gasteiger partial charge is 0.456 e. The van der Waals surface area contributed by atoms with E-state index in [0.717, 1.165) is 122 Å². The maximum absolute atomic E-state index is 6.20. The summed E-state index contributed by atoms with van der Waals surface area (Å²) in [5.74, 6) is 0. The Bertz CT molecular complexity index is 4100. The monoisotopic (exact) mass is 831 g/mol. The lowest BCUT2D eigenvalue weighted by molar-refractivity contribution is 0.669. The Kier molecular flexibility index (Phi) is 8.26. The van der Waals surface area contributed by atoms with Gasteiger partial charge < -0.3 is 13.6 Å². The van der Waals surface area contributed by atoms with Crippen LogP contribution in [-0.4, -0.2) is 34.1 Å². The SMILES string of the molecule is C1=CC=C=C/C(c2cncc(-c3ccc4c(n3)c3nc(-c5cncc(-c6ccccc6)c5)ccc3n4-c3ccc4c(c3)c3cnccc3n4-c3ccc4oc5ccccc5c4c3)c2)=C\C=1. The van der Waals surface area contributed by atoms with E-state index in [2.05, 4.69) is 139 Å². The fraction of sp³-hybridized carbons (Fsp3) is 0. The zero-order valence-electron chi connectivity index (χ0n) is 34.6. The van der Waals surface area contributed by atoms with Crippen LogP contribution in [0.5, 0.6) is 0 Å². The van der Waals surface area contributed by atoms with E-state index in [1.54, 1.807) is 0 Å². The Hall–Kier alpha value is -9.19. The first-order valence-corrected chi connectivity index (χ1v) is 21.3. The van der Waals surface area contributed by atoms with Gasteiger partial charge in [0.25, 0.3) is 0 Å². The van der Waals surface area contributed by atoms with Crippen molar-refractivity contribution in [2.24, 2.45) is 0 Å². The van der Waals surface area contributed by atoms with Gasteiger partial charge in [0.15, 0.2) is 0 Å². The summed E-state index contributed by atoms with van der Waals surface area (Å²) in [6.45, 7) is 0. The summed E-state index contributed by atoms with van der Waals surface area (Å²) in [6.07, 6.45) is 20.9. The molecule has 8 heterocycles. The summed E-state index contributed by atoms with van der Waals surface area (Å²) >= 11 is 0. The number of allylic oxidation sites excluding steroid dienone is 4. The van der Waals surface area contributed by atoms with Crippen molar-refractivity contribution < 1.29 is 4.42 Å². The molecule has 1 aliphatic carbocycles. The van der Waals surface area contributed by atoms with Crippen molar-refractivity contribution >= 4 is 71.4 Å². The van der Waals surface area contributed by atoms with Crippen molar-refractivity contribution in [2.45, 2.75) is 0 Å². The van der Waals surface area contributed by atoms with Crippen molar-refractivity contribution in [3.8, 4) is 45.0 Å². The van der Waals surface area contributed by atoms with Gasteiger partial charge in [-0.15, -0.1) is 11.5 Å². The molecule has 4 aromatic carbocycles. The van der Waals surface area contributed by atoms with Crippen molar-refractivity contribution in [2.75, 3.05) is 0 Å². The van der Waals surface area contributed by atoms with Crippen molar-refractivity contribution in [1.82, 2.24) is 34.1 Å². The molecule has 0 N–H and O–H groups in total. The van der Waals surface area contributed by atoms with Crippen molar-refractivity contribution in [1.29, 1.82) is 0 Å². The predicted molar refractivity (Wildman–Crippen MR) is 261 cm³/mol. The van der Waals surface area contributed by atoms with Crippen LogP contribution in [0.15, 0.2) is 217 Å². The molecule has 0 atom stereocenters. The number of furan rings is 1. The summed E-state index contributed by atoms with van der Waals surface area (Å²) in [5.41, 5.74) is 23.1. The molecule has 1 aliphatic rings. The molecule has 8 heteroatoms. The van der Waals surface area contributed by atoms with E-state index in [0.29, 0.717) is 0 Å². The average molecular weight is 832 g/mol. The number of rotatable bonds is 6. The highest BCUT2D eigenvalue weighted by Crippen LogP contribution is 2.39. The number of nitrogens with zero attached hydrogens (tertiary/aromatic N) is 7. The molecule has 8 aromatic heterocycles. The highest BCUT2D eigenvalue weighted by molar-refractivity contribution is 6.12. The Balaban J connectivity index is 1.00. The van der Waals surface area contributed by atoms with Crippen LogP contribution in [0.4, 0.5) is 0 Å². The molecule has 302 valence electrons. The van der Waals surface area contributed by atoms with Crippen molar-refractivity contribution in [3.05, 3.63) is 218 Å². The molecule has 12 aromatic rings. The Morgan fingerprint density at radius 3 is 1.86 bits per heavy atom. The molecule has 0 aliphatic heterocycles. The van der Waals surface area contributed by atoms with E-state index in [4.69, 9.17) is 14.4 Å². The van der Waals surface area contributed by atoms with Gasteiger partial charge in [0.1, 0.15) is 22.2 Å². The van der Waals surface area contributed by atoms with Gasteiger partial charge in [-0.2, -0.15) is 0 Å². The lowest BCUT2D eigenvalue weighted by Crippen LogP contribution is -1.96. The highest BCUT2D eigenvalue weighted by Gasteiger charge is 2.21. The maximum Gasteiger partial charge on any atom is 0.135 e. The van der Waals surface area contributed by atoms with Crippen LogP contribution in [0.1, 0.15) is 5.56 Å². The summed E-state index contributed by atoms with van der Waals surface area (Å²) in [6, 6.07) is 46.4. The van der Waals surface area contributed by atoms with Crippen LogP contribution in [0.3, 0.4) is 0 Å². The Labute approximate surface area is 371 Å². The molecular weight excluding hydrogens is 799 g/mol. The number of aromatic nitrogens is 7. The topological polar surface area (TPSA) is 87.5 Å². The number of fused-ring (bicyclic) bond motifs is 9. The van der Waals surface area contributed by atoms with Crippen LogP contribution in [-0.2, 0) is 0 Å². The minimum absolute atomic E-state index is 0.780. The van der Waals surface area contributed by atoms with Crippen LogP contribution in [0, 0.1) is 0 Å². The zero-order chi connectivity index (χ0) is 42.8. The fourth-order valence-electron chi connectivity index (χ4n) is 9.23. The lowest BCUT2D eigenvalue weighted by Gasteiger charge is -2.11. The van der Waals surface area contributed by atoms with Crippen LogP contribution < -0.4 is 0 Å². The first-order valence-electron chi connectivity index (χ1n) is 21.3. The molecule has 0 saturated heterocycles. The van der Waals surface area contributed by atoms with E-state index in [1.165, 1.54) is 0 Å². The summed E-state index contributed by atoms with van der Waals surface area (Å²) < 4.78 is 10.8. The highest BCUT2D eigenvalue weighted by atomic mass is 16.3. The second-order valence-corrected chi connectivity index (χ2v) is 16.1. The number of hydrogen-bond donors (Lipinski definition) is 0. The molecule has 0 fully saturated rings. The van der Waals surface area contributed by atoms with Gasteiger partial charge in [0.2, 0.25) is 0 Å². The van der Waals surface area contributed by atoms with Gasteiger partial charge in [-0.05, 0) is 126 Å². The molecule has 0 spiro atoms. The van der Waals surface area contributed by atoms with Gasteiger partial charge in [-0.3, -0.25) is 15.0 Å². The Morgan fingerprint density at radius 2 is 1.05 bits per heavy atom. The molecular formula is C57H33N7O. The third kappa shape index (κ3) is 6.06. The lowest BCUT2D eigenvalue weighted by atomic mass is 10.0. The van der Waals surface area contributed by atoms with Gasteiger partial charge in [-0.25, -0.2) is 9.97 Å². The molecule has 0 amide bonds. The summed E-state index contributed by atoms with van der Waals surface area (Å²) in [5, 5.41) is 4.30. The first kappa shape index (κ1) is 36.5. The number of para-hydroxylation sites is 1. The average Bonchev–Trinajstić information content (AvgIpc) is 4.01. The zero-order valence-corrected chi connectivity index (χ0v) is 34.6. The summed E-state index contributed by atoms with van der Waals surface area (Å²) in [7, 11) is 0. The second-order valence-electron chi connectivity index (χ2n) is 16.1. The van der Waals surface area contributed by atoms with E-state index in [9.17, 15) is 0 Å². The van der Waals surface area contributed by atoms with Gasteiger partial charge in [-0.1, -0.05) is 48.5 Å². The number of pyridine rings is 5. The molecule has 0 saturated carbocycles. The smallest absolute Gasteiger partial charge is 0.135 e. The molecule has 0 radical (unpaired) electrons. The predicted octanol–water partition coefficient (Wildman–Crippen LogP) is 13.6. The van der Waals surface area contributed by atoms with Gasteiger partial charge in [0, 0.05) is 92.4 Å². The number of hydrogen-bond acceptors (Lipinski definition) is 6. The van der Waals surface area contributed by atoms with Crippen LogP contribution >= 0.6 is 0 Å². The molecule has 0 bridgehead atoms. The van der Waals surface area contributed by atoms with Gasteiger partial charge in [0.05, 0.1) is 33.5 Å². The third-order valence-electron chi connectivity index (χ3n) is 12.3. The second kappa shape index (κ2) is 14.7. The van der Waals surface area contributed by atoms with Crippen molar-refractivity contribution in [3.63, 3.8) is 0 Å². The molecule has 8 nitrogen and oxygen atoms in total. The van der Waals surface area contributed by atoms with Crippen LogP contribution in [0.2, 0.25) is 0 Å². The fourth-order valence-corrected chi connectivity index (χ4v) is 9.23. The molecule has 13 rings (SSSR count). The standard InChI is InChI=1S/C57H33N7O/c1-2-5-11-36(12-6-3-1)38-27-40(33-59-31-38)48-19-22-52-56(61-48)57-53(23-20-49(62-57)41-28-39(32-60-34-41)37-13-7-4-8-14-37)64(52)42-17-21-50-45(29-42)47-35-58-26-25-51(47)63(50)43-18-24-55-46(30-43)44-15-9-10-16-54(44)65-55/h1-2,4,6-35H/b36-12+. The van der Waals surface area contributed by atoms with E-state index >= 15 is 0 Å². The molecule has 0 unspecified atom stereocenters. The first-order chi connectivity index (χ1) is 32.2. The normalized spacial score (nSPS) is 13.4. The summed E-state index contributed by atoms with van der Waals surface area (Å²) in [4.78, 5) is 24.7. The van der Waals surface area contributed by atoms with E-state index < -0.39 is 0 Å². The quantitative estimate of drug-likeness (QED) is 0.155. The number of benzene rings is 4. The maximum atomic E-state index is 6.20. The van der Waals surface area contributed by atoms with E-state index in [-0.39, 0.29) is 0 Å².